The fourth-order valence-electron chi connectivity index (χ4n) is 3.03. The van der Waals surface area contributed by atoms with E-state index in [-0.39, 0.29) is 23.2 Å². The maximum atomic E-state index is 12.6. The van der Waals surface area contributed by atoms with E-state index < -0.39 is 17.0 Å². The normalized spacial score (nSPS) is 19.2. The summed E-state index contributed by atoms with van der Waals surface area (Å²) in [7, 11) is 0. The van der Waals surface area contributed by atoms with E-state index in [4.69, 9.17) is 4.74 Å². The largest absolute Gasteiger partial charge is 0.457 e. The molecule has 0 aliphatic carbocycles. The van der Waals surface area contributed by atoms with Crippen LogP contribution >= 0.6 is 0 Å². The van der Waals surface area contributed by atoms with E-state index in [0.717, 1.165) is 0 Å². The molecule has 2 aromatic carbocycles. The van der Waals surface area contributed by atoms with E-state index in [1.165, 1.54) is 24.3 Å². The average Bonchev–Trinajstić information content (AvgIpc) is 3.02. The fourth-order valence-corrected chi connectivity index (χ4v) is 3.03. The Morgan fingerprint density at radius 3 is 2.35 bits per heavy atom. The molecule has 1 saturated heterocycles. The molecular formula is C19H18N2O5. The number of nitro groups is 1. The topological polar surface area (TPSA) is 89.8 Å². The van der Waals surface area contributed by atoms with Gasteiger partial charge in [0.05, 0.1) is 16.5 Å². The van der Waals surface area contributed by atoms with Crippen molar-refractivity contribution in [2.75, 3.05) is 6.54 Å². The van der Waals surface area contributed by atoms with Crippen molar-refractivity contribution in [2.45, 2.75) is 25.5 Å². The van der Waals surface area contributed by atoms with Crippen LogP contribution in [-0.2, 0) is 4.74 Å². The van der Waals surface area contributed by atoms with Crippen LogP contribution in [0.15, 0.2) is 54.6 Å². The van der Waals surface area contributed by atoms with Crippen LogP contribution in [0.5, 0.6) is 0 Å². The molecule has 1 heterocycles. The summed E-state index contributed by atoms with van der Waals surface area (Å²) in [4.78, 5) is 36.7. The van der Waals surface area contributed by atoms with E-state index in [9.17, 15) is 19.7 Å². The number of carbonyl (C=O) groups excluding carboxylic acids is 2. The Labute approximate surface area is 150 Å². The van der Waals surface area contributed by atoms with Gasteiger partial charge in [0.25, 0.3) is 11.6 Å². The smallest absolute Gasteiger partial charge is 0.338 e. The fraction of sp³-hybridized carbons (Fsp3) is 0.263. The molecule has 7 nitrogen and oxygen atoms in total. The number of rotatable bonds is 4. The maximum Gasteiger partial charge on any atom is 0.338 e. The SMILES string of the molecule is C[C@H]1[C@H](OC(=O)c2ccc([N+](=O)[O-])cc2)CCN1C(=O)c1ccccc1. The molecule has 0 saturated carbocycles. The standard InChI is InChI=1S/C19H18N2O5/c1-13-17(11-12-20(13)18(22)14-5-3-2-4-6-14)26-19(23)15-7-9-16(10-8-15)21(24)25/h2-10,13,17H,11-12H2,1H3/t13-,17+/m0/s1. The molecule has 0 unspecified atom stereocenters. The first-order valence-corrected chi connectivity index (χ1v) is 8.29. The molecule has 1 amide bonds. The Morgan fingerprint density at radius 1 is 1.08 bits per heavy atom. The lowest BCUT2D eigenvalue weighted by molar-refractivity contribution is -0.384. The third kappa shape index (κ3) is 3.56. The van der Waals surface area contributed by atoms with Crippen LogP contribution in [0.25, 0.3) is 0 Å². The molecule has 0 aromatic heterocycles. The zero-order valence-electron chi connectivity index (χ0n) is 14.2. The van der Waals surface area contributed by atoms with Crippen molar-refractivity contribution in [3.8, 4) is 0 Å². The van der Waals surface area contributed by atoms with Crippen LogP contribution in [0.3, 0.4) is 0 Å². The average molecular weight is 354 g/mol. The Hall–Kier alpha value is -3.22. The molecule has 0 spiro atoms. The zero-order valence-corrected chi connectivity index (χ0v) is 14.2. The van der Waals surface area contributed by atoms with Gasteiger partial charge in [-0.25, -0.2) is 4.79 Å². The van der Waals surface area contributed by atoms with Crippen molar-refractivity contribution in [3.05, 3.63) is 75.8 Å². The van der Waals surface area contributed by atoms with Crippen LogP contribution in [0.2, 0.25) is 0 Å². The van der Waals surface area contributed by atoms with Gasteiger partial charge in [0.1, 0.15) is 6.10 Å². The van der Waals surface area contributed by atoms with Gasteiger partial charge in [-0.2, -0.15) is 0 Å². The van der Waals surface area contributed by atoms with E-state index >= 15 is 0 Å². The molecule has 134 valence electrons. The highest BCUT2D eigenvalue weighted by atomic mass is 16.6. The number of likely N-dealkylation sites (tertiary alicyclic amines) is 1. The monoisotopic (exact) mass is 354 g/mol. The number of benzene rings is 2. The lowest BCUT2D eigenvalue weighted by Crippen LogP contribution is -2.38. The Kier molecular flexibility index (Phi) is 4.97. The minimum absolute atomic E-state index is 0.0876. The van der Waals surface area contributed by atoms with E-state index in [1.807, 2.05) is 13.0 Å². The van der Waals surface area contributed by atoms with Gasteiger partial charge in [-0.05, 0) is 31.2 Å². The Morgan fingerprint density at radius 2 is 1.73 bits per heavy atom. The lowest BCUT2D eigenvalue weighted by Gasteiger charge is -2.24. The van der Waals surface area contributed by atoms with Crippen LogP contribution in [0.1, 0.15) is 34.1 Å². The van der Waals surface area contributed by atoms with E-state index in [0.29, 0.717) is 18.5 Å². The maximum absolute atomic E-state index is 12.6. The van der Waals surface area contributed by atoms with Crippen molar-refractivity contribution < 1.29 is 19.2 Å². The molecule has 0 N–H and O–H groups in total. The highest BCUT2D eigenvalue weighted by Crippen LogP contribution is 2.24. The number of amides is 1. The van der Waals surface area contributed by atoms with Gasteiger partial charge in [-0.15, -0.1) is 0 Å². The summed E-state index contributed by atoms with van der Waals surface area (Å²) >= 11 is 0. The molecule has 1 aliphatic heterocycles. The number of carbonyl (C=O) groups is 2. The molecule has 1 aliphatic rings. The molecule has 0 bridgehead atoms. The summed E-state index contributed by atoms with van der Waals surface area (Å²) in [5.74, 6) is -0.641. The predicted octanol–water partition coefficient (Wildman–Crippen LogP) is 3.05. The molecule has 7 heteroatoms. The second-order valence-corrected chi connectivity index (χ2v) is 6.14. The second-order valence-electron chi connectivity index (χ2n) is 6.14. The summed E-state index contributed by atoms with van der Waals surface area (Å²) in [6.45, 7) is 2.36. The molecular weight excluding hydrogens is 336 g/mol. The first-order chi connectivity index (χ1) is 12.5. The van der Waals surface area contributed by atoms with Gasteiger partial charge >= 0.3 is 5.97 Å². The van der Waals surface area contributed by atoms with Gasteiger partial charge in [0, 0.05) is 30.7 Å². The third-order valence-corrected chi connectivity index (χ3v) is 4.54. The lowest BCUT2D eigenvalue weighted by atomic mass is 10.1. The van der Waals surface area contributed by atoms with Crippen molar-refractivity contribution in [2.24, 2.45) is 0 Å². The van der Waals surface area contributed by atoms with Gasteiger partial charge in [0.2, 0.25) is 0 Å². The molecule has 1 fully saturated rings. The van der Waals surface area contributed by atoms with Crippen LogP contribution in [0, 0.1) is 10.1 Å². The highest BCUT2D eigenvalue weighted by Gasteiger charge is 2.36. The number of esters is 1. The molecule has 0 radical (unpaired) electrons. The molecule has 26 heavy (non-hydrogen) atoms. The number of nitro benzene ring substituents is 1. The summed E-state index contributed by atoms with van der Waals surface area (Å²) in [5, 5.41) is 10.7. The van der Waals surface area contributed by atoms with Crippen LogP contribution < -0.4 is 0 Å². The minimum Gasteiger partial charge on any atom is -0.457 e. The number of ether oxygens (including phenoxy) is 1. The van der Waals surface area contributed by atoms with Crippen molar-refractivity contribution in [1.82, 2.24) is 4.90 Å². The van der Waals surface area contributed by atoms with Gasteiger partial charge in [-0.1, -0.05) is 18.2 Å². The van der Waals surface area contributed by atoms with Gasteiger partial charge in [0.15, 0.2) is 0 Å². The van der Waals surface area contributed by atoms with Gasteiger partial charge in [-0.3, -0.25) is 14.9 Å². The van der Waals surface area contributed by atoms with E-state index in [2.05, 4.69) is 0 Å². The molecule has 2 aromatic rings. The number of nitrogens with zero attached hydrogens (tertiary/aromatic N) is 2. The second kappa shape index (κ2) is 7.35. The van der Waals surface area contributed by atoms with E-state index in [1.54, 1.807) is 29.2 Å². The minimum atomic E-state index is -0.550. The Bertz CT molecular complexity index is 820. The summed E-state index contributed by atoms with van der Waals surface area (Å²) < 4.78 is 5.52. The number of non-ortho nitro benzene ring substituents is 1. The van der Waals surface area contributed by atoms with Crippen molar-refractivity contribution in [1.29, 1.82) is 0 Å². The third-order valence-electron chi connectivity index (χ3n) is 4.54. The Balaban J connectivity index is 1.65. The zero-order chi connectivity index (χ0) is 18.7. The predicted molar refractivity (Wildman–Crippen MR) is 93.9 cm³/mol. The van der Waals surface area contributed by atoms with Crippen LogP contribution in [0.4, 0.5) is 5.69 Å². The number of hydrogen-bond donors (Lipinski definition) is 0. The quantitative estimate of drug-likeness (QED) is 0.478. The summed E-state index contributed by atoms with van der Waals surface area (Å²) in [6, 6.07) is 14.0. The van der Waals surface area contributed by atoms with Crippen molar-refractivity contribution in [3.63, 3.8) is 0 Å². The summed E-state index contributed by atoms with van der Waals surface area (Å²) in [5.41, 5.74) is 0.757. The highest BCUT2D eigenvalue weighted by molar-refractivity contribution is 5.94. The van der Waals surface area contributed by atoms with Crippen LogP contribution in [-0.4, -0.2) is 40.4 Å². The molecule has 2 atom stereocenters. The van der Waals surface area contributed by atoms with Gasteiger partial charge < -0.3 is 9.64 Å². The van der Waals surface area contributed by atoms with Crippen molar-refractivity contribution >= 4 is 17.6 Å². The summed E-state index contributed by atoms with van der Waals surface area (Å²) in [6.07, 6.45) is 0.142. The first kappa shape index (κ1) is 17.6. The number of hydrogen-bond acceptors (Lipinski definition) is 5. The first-order valence-electron chi connectivity index (χ1n) is 8.29. The molecule has 3 rings (SSSR count).